The number of halogens is 2. The van der Waals surface area contributed by atoms with E-state index in [-0.39, 0.29) is 12.4 Å². The van der Waals surface area contributed by atoms with Crippen molar-refractivity contribution in [3.05, 3.63) is 28.5 Å². The highest BCUT2D eigenvalue weighted by Crippen LogP contribution is 2.19. The van der Waals surface area contributed by atoms with Crippen molar-refractivity contribution in [3.63, 3.8) is 0 Å². The molecule has 108 valence electrons. The first-order valence-corrected chi connectivity index (χ1v) is 7.59. The fourth-order valence-corrected chi connectivity index (χ4v) is 2.91. The second-order valence-corrected chi connectivity index (χ2v) is 5.95. The standard InChI is InChI=1S/C14H22BrN3.ClH/c1-2-16-8-12-3-5-18(6-4-12)11-13-7-14(15)10-17-9-13;/h7,9-10,12,16H,2-6,8,11H2,1H3;1H. The molecule has 0 radical (unpaired) electrons. The Morgan fingerprint density at radius 1 is 1.37 bits per heavy atom. The van der Waals surface area contributed by atoms with Crippen LogP contribution in [0.2, 0.25) is 0 Å². The molecule has 5 heteroatoms. The zero-order valence-electron chi connectivity index (χ0n) is 11.4. The predicted octanol–water partition coefficient (Wildman–Crippen LogP) is 3.09. The van der Waals surface area contributed by atoms with Gasteiger partial charge in [0.15, 0.2) is 0 Å². The highest BCUT2D eigenvalue weighted by molar-refractivity contribution is 9.10. The van der Waals surface area contributed by atoms with Crippen LogP contribution in [-0.2, 0) is 6.54 Å². The van der Waals surface area contributed by atoms with Crippen molar-refractivity contribution in [1.82, 2.24) is 15.2 Å². The normalized spacial score (nSPS) is 17.2. The van der Waals surface area contributed by atoms with Crippen LogP contribution in [0.25, 0.3) is 0 Å². The van der Waals surface area contributed by atoms with E-state index in [1.165, 1.54) is 38.0 Å². The average Bonchev–Trinajstić information content (AvgIpc) is 2.38. The first-order valence-electron chi connectivity index (χ1n) is 6.80. The molecule has 2 heterocycles. The lowest BCUT2D eigenvalue weighted by Crippen LogP contribution is -2.36. The summed E-state index contributed by atoms with van der Waals surface area (Å²) >= 11 is 3.48. The Kier molecular flexibility index (Phi) is 7.91. The maximum Gasteiger partial charge on any atom is 0.0410 e. The molecule has 1 aliphatic rings. The third-order valence-corrected chi connectivity index (χ3v) is 3.99. The first-order chi connectivity index (χ1) is 8.78. The summed E-state index contributed by atoms with van der Waals surface area (Å²) in [6.45, 7) is 7.90. The summed E-state index contributed by atoms with van der Waals surface area (Å²) in [4.78, 5) is 6.76. The van der Waals surface area contributed by atoms with E-state index in [9.17, 15) is 0 Å². The van der Waals surface area contributed by atoms with Crippen LogP contribution in [0.1, 0.15) is 25.3 Å². The van der Waals surface area contributed by atoms with E-state index < -0.39 is 0 Å². The second-order valence-electron chi connectivity index (χ2n) is 5.04. The summed E-state index contributed by atoms with van der Waals surface area (Å²) in [5.41, 5.74) is 1.30. The second kappa shape index (κ2) is 8.90. The maximum atomic E-state index is 4.22. The fraction of sp³-hybridized carbons (Fsp3) is 0.643. The van der Waals surface area contributed by atoms with Crippen LogP contribution in [-0.4, -0.2) is 36.1 Å². The van der Waals surface area contributed by atoms with Crippen LogP contribution in [0.4, 0.5) is 0 Å². The molecule has 0 saturated carbocycles. The van der Waals surface area contributed by atoms with Gasteiger partial charge in [0.2, 0.25) is 0 Å². The van der Waals surface area contributed by atoms with Crippen LogP contribution in [0.3, 0.4) is 0 Å². The van der Waals surface area contributed by atoms with Crippen molar-refractivity contribution in [2.45, 2.75) is 26.3 Å². The molecule has 0 atom stereocenters. The van der Waals surface area contributed by atoms with E-state index in [1.807, 2.05) is 12.4 Å². The lowest BCUT2D eigenvalue weighted by molar-refractivity contribution is 0.175. The largest absolute Gasteiger partial charge is 0.317 e. The number of piperidine rings is 1. The number of aromatic nitrogens is 1. The molecule has 1 aromatic rings. The molecule has 19 heavy (non-hydrogen) atoms. The highest BCUT2D eigenvalue weighted by atomic mass is 79.9. The quantitative estimate of drug-likeness (QED) is 0.886. The number of hydrogen-bond acceptors (Lipinski definition) is 3. The van der Waals surface area contributed by atoms with E-state index >= 15 is 0 Å². The maximum absolute atomic E-state index is 4.22. The summed E-state index contributed by atoms with van der Waals surface area (Å²) in [5, 5.41) is 3.46. The summed E-state index contributed by atoms with van der Waals surface area (Å²) in [6, 6.07) is 2.16. The Hall–Kier alpha value is -0.160. The van der Waals surface area contributed by atoms with Gasteiger partial charge in [-0.05, 0) is 72.5 Å². The minimum absolute atomic E-state index is 0. The fourth-order valence-electron chi connectivity index (χ4n) is 2.50. The summed E-state index contributed by atoms with van der Waals surface area (Å²) in [7, 11) is 0. The van der Waals surface area contributed by atoms with Crippen molar-refractivity contribution >= 4 is 28.3 Å². The SMILES string of the molecule is CCNCC1CCN(Cc2cncc(Br)c2)CC1.Cl. The Morgan fingerprint density at radius 3 is 2.74 bits per heavy atom. The van der Waals surface area contributed by atoms with Gasteiger partial charge in [-0.25, -0.2) is 0 Å². The molecule has 0 bridgehead atoms. The molecule has 0 unspecified atom stereocenters. The topological polar surface area (TPSA) is 28.2 Å². The zero-order chi connectivity index (χ0) is 12.8. The number of likely N-dealkylation sites (tertiary alicyclic amines) is 1. The van der Waals surface area contributed by atoms with Gasteiger partial charge in [0.05, 0.1) is 0 Å². The van der Waals surface area contributed by atoms with Gasteiger partial charge >= 0.3 is 0 Å². The van der Waals surface area contributed by atoms with Gasteiger partial charge in [-0.15, -0.1) is 12.4 Å². The Balaban J connectivity index is 0.00000180. The van der Waals surface area contributed by atoms with E-state index in [0.717, 1.165) is 23.5 Å². The molecule has 1 fully saturated rings. The van der Waals surface area contributed by atoms with Gasteiger partial charge in [0.25, 0.3) is 0 Å². The van der Waals surface area contributed by atoms with Gasteiger partial charge in [0.1, 0.15) is 0 Å². The molecular weight excluding hydrogens is 326 g/mol. The van der Waals surface area contributed by atoms with Crippen molar-refractivity contribution in [1.29, 1.82) is 0 Å². The molecule has 1 aliphatic heterocycles. The number of hydrogen-bond donors (Lipinski definition) is 1. The molecule has 1 N–H and O–H groups in total. The molecular formula is C14H23BrClN3. The highest BCUT2D eigenvalue weighted by Gasteiger charge is 2.18. The van der Waals surface area contributed by atoms with Gasteiger partial charge < -0.3 is 5.32 Å². The summed E-state index contributed by atoms with van der Waals surface area (Å²) in [6.07, 6.45) is 6.44. The van der Waals surface area contributed by atoms with Crippen LogP contribution >= 0.6 is 28.3 Å². The molecule has 0 spiro atoms. The molecule has 2 rings (SSSR count). The van der Waals surface area contributed by atoms with Crippen LogP contribution < -0.4 is 5.32 Å². The third kappa shape index (κ3) is 5.78. The van der Waals surface area contributed by atoms with Crippen molar-refractivity contribution in [2.24, 2.45) is 5.92 Å². The van der Waals surface area contributed by atoms with Gasteiger partial charge in [-0.2, -0.15) is 0 Å². The Labute approximate surface area is 130 Å². The number of pyridine rings is 1. The van der Waals surface area contributed by atoms with Gasteiger partial charge in [-0.3, -0.25) is 9.88 Å². The lowest BCUT2D eigenvalue weighted by Gasteiger charge is -2.32. The molecule has 1 aromatic heterocycles. The average molecular weight is 349 g/mol. The Morgan fingerprint density at radius 2 is 2.11 bits per heavy atom. The van der Waals surface area contributed by atoms with Crippen LogP contribution in [0.15, 0.2) is 22.9 Å². The minimum atomic E-state index is 0. The van der Waals surface area contributed by atoms with Crippen LogP contribution in [0, 0.1) is 5.92 Å². The van der Waals surface area contributed by atoms with Crippen molar-refractivity contribution in [3.8, 4) is 0 Å². The third-order valence-electron chi connectivity index (χ3n) is 3.56. The molecule has 0 aromatic carbocycles. The molecule has 0 aliphatic carbocycles. The van der Waals surface area contributed by atoms with E-state index in [4.69, 9.17) is 0 Å². The smallest absolute Gasteiger partial charge is 0.0410 e. The van der Waals surface area contributed by atoms with E-state index in [1.54, 1.807) is 0 Å². The summed E-state index contributed by atoms with van der Waals surface area (Å²) in [5.74, 6) is 0.863. The van der Waals surface area contributed by atoms with E-state index in [2.05, 4.69) is 44.1 Å². The summed E-state index contributed by atoms with van der Waals surface area (Å²) < 4.78 is 1.07. The van der Waals surface area contributed by atoms with Gasteiger partial charge in [0, 0.05) is 23.4 Å². The molecule has 0 amide bonds. The monoisotopic (exact) mass is 347 g/mol. The predicted molar refractivity (Wildman–Crippen MR) is 85.7 cm³/mol. The van der Waals surface area contributed by atoms with E-state index in [0.29, 0.717) is 0 Å². The Bertz CT molecular complexity index is 367. The van der Waals surface area contributed by atoms with Crippen LogP contribution in [0.5, 0.6) is 0 Å². The molecule has 1 saturated heterocycles. The number of nitrogens with zero attached hydrogens (tertiary/aromatic N) is 2. The minimum Gasteiger partial charge on any atom is -0.317 e. The zero-order valence-corrected chi connectivity index (χ0v) is 13.8. The van der Waals surface area contributed by atoms with Gasteiger partial charge in [-0.1, -0.05) is 6.92 Å². The lowest BCUT2D eigenvalue weighted by atomic mass is 9.96. The van der Waals surface area contributed by atoms with Crippen molar-refractivity contribution < 1.29 is 0 Å². The number of nitrogens with one attached hydrogen (secondary N) is 1. The van der Waals surface area contributed by atoms with Crippen molar-refractivity contribution in [2.75, 3.05) is 26.2 Å². The number of rotatable bonds is 5. The first kappa shape index (κ1) is 16.9. The molecule has 3 nitrogen and oxygen atoms in total.